The normalized spacial score (nSPS) is 13.2. The highest BCUT2D eigenvalue weighted by atomic mass is 15.1. The molecule has 2 aliphatic carbocycles. The van der Waals surface area contributed by atoms with Crippen molar-refractivity contribution in [3.05, 3.63) is 205 Å². The van der Waals surface area contributed by atoms with Gasteiger partial charge in [0.2, 0.25) is 0 Å². The van der Waals surface area contributed by atoms with Crippen molar-refractivity contribution in [3.63, 3.8) is 0 Å². The summed E-state index contributed by atoms with van der Waals surface area (Å²) in [5.41, 5.74) is 19.9. The molecule has 0 atom stereocenters. The fourth-order valence-corrected chi connectivity index (χ4v) is 10.2. The lowest BCUT2D eigenvalue weighted by molar-refractivity contribution is 0.660. The number of hydrogen-bond donors (Lipinski definition) is 0. The first-order valence-corrected chi connectivity index (χ1v) is 19.9. The summed E-state index contributed by atoms with van der Waals surface area (Å²) in [4.78, 5) is 2.44. The summed E-state index contributed by atoms with van der Waals surface area (Å²) in [6.07, 6.45) is 0. The van der Waals surface area contributed by atoms with E-state index in [-0.39, 0.29) is 5.41 Å². The van der Waals surface area contributed by atoms with Crippen LogP contribution in [0.15, 0.2) is 194 Å². The predicted molar refractivity (Wildman–Crippen MR) is 240 cm³/mol. The molecule has 9 aromatic carbocycles. The first kappa shape index (κ1) is 32.1. The maximum absolute atomic E-state index is 2.46. The third-order valence-electron chi connectivity index (χ3n) is 12.7. The largest absolute Gasteiger partial charge is 0.310 e. The molecule has 0 saturated carbocycles. The van der Waals surface area contributed by atoms with Crippen LogP contribution in [0.5, 0.6) is 0 Å². The average molecular weight is 727 g/mol. The zero-order valence-corrected chi connectivity index (χ0v) is 31.9. The van der Waals surface area contributed by atoms with E-state index < -0.39 is 0 Å². The van der Waals surface area contributed by atoms with Crippen LogP contribution in [-0.2, 0) is 5.41 Å². The van der Waals surface area contributed by atoms with Gasteiger partial charge in [-0.1, -0.05) is 147 Å². The number of anilines is 3. The molecular formula is C55H38N2. The number of rotatable bonds is 4. The topological polar surface area (TPSA) is 8.17 Å². The minimum atomic E-state index is -0.108. The van der Waals surface area contributed by atoms with Crippen molar-refractivity contribution in [2.75, 3.05) is 4.90 Å². The van der Waals surface area contributed by atoms with Gasteiger partial charge in [0, 0.05) is 44.5 Å². The van der Waals surface area contributed by atoms with Crippen molar-refractivity contribution in [3.8, 4) is 50.2 Å². The first-order chi connectivity index (χ1) is 28.1. The molecule has 0 aliphatic heterocycles. The van der Waals surface area contributed by atoms with Gasteiger partial charge in [-0.05, 0) is 122 Å². The number of hydrogen-bond acceptors (Lipinski definition) is 1. The van der Waals surface area contributed by atoms with Gasteiger partial charge in [-0.15, -0.1) is 0 Å². The minimum Gasteiger partial charge on any atom is -0.310 e. The maximum Gasteiger partial charge on any atom is 0.0547 e. The van der Waals surface area contributed by atoms with Gasteiger partial charge in [-0.2, -0.15) is 0 Å². The summed E-state index contributed by atoms with van der Waals surface area (Å²) in [5, 5.41) is 5.07. The standard InChI is InChI=1S/C55H38N2/c1-55(2)48-26-12-11-22-41(48)42-29-27-39(34-49(42)55)56(36-17-5-3-6-18-36)38-28-31-50-47(33-38)54-51(57(50)37-19-7-4-8-20-37)32-30-46-45-25-14-16-35-15-13-24-43(52(35)45)40-21-9-10-23-44(40)53(46)54/h3-34H,1-2H3. The van der Waals surface area contributed by atoms with Crippen molar-refractivity contribution in [2.24, 2.45) is 0 Å². The maximum atomic E-state index is 2.46. The van der Waals surface area contributed by atoms with E-state index in [1.54, 1.807) is 0 Å². The summed E-state index contributed by atoms with van der Waals surface area (Å²) in [6.45, 7) is 4.72. The van der Waals surface area contributed by atoms with Crippen molar-refractivity contribution in [1.29, 1.82) is 0 Å². The Balaban J connectivity index is 1.18. The summed E-state index contributed by atoms with van der Waals surface area (Å²) in [5.74, 6) is 0. The third-order valence-corrected chi connectivity index (χ3v) is 12.7. The zero-order chi connectivity index (χ0) is 37.8. The van der Waals surface area contributed by atoms with E-state index >= 15 is 0 Å². The van der Waals surface area contributed by atoms with Gasteiger partial charge in [0.25, 0.3) is 0 Å². The van der Waals surface area contributed by atoms with Gasteiger partial charge in [0.1, 0.15) is 0 Å². The van der Waals surface area contributed by atoms with Crippen molar-refractivity contribution in [1.82, 2.24) is 4.57 Å². The van der Waals surface area contributed by atoms with Crippen molar-refractivity contribution < 1.29 is 0 Å². The third kappa shape index (κ3) is 4.53. The lowest BCUT2D eigenvalue weighted by Gasteiger charge is -2.28. The molecule has 57 heavy (non-hydrogen) atoms. The van der Waals surface area contributed by atoms with Crippen LogP contribution in [0.4, 0.5) is 17.1 Å². The van der Waals surface area contributed by atoms with E-state index in [0.717, 1.165) is 22.7 Å². The highest BCUT2D eigenvalue weighted by molar-refractivity contribution is 6.24. The second kappa shape index (κ2) is 11.9. The molecule has 0 saturated heterocycles. The lowest BCUT2D eigenvalue weighted by atomic mass is 9.82. The molecule has 1 aromatic heterocycles. The second-order valence-electron chi connectivity index (χ2n) is 16.1. The first-order valence-electron chi connectivity index (χ1n) is 19.9. The molecule has 0 bridgehead atoms. The summed E-state index contributed by atoms with van der Waals surface area (Å²) in [6, 6.07) is 72.0. The molecule has 0 spiro atoms. The van der Waals surface area contributed by atoms with Crippen LogP contribution in [0.3, 0.4) is 0 Å². The van der Waals surface area contributed by atoms with Crippen LogP contribution in [-0.4, -0.2) is 4.57 Å². The highest BCUT2D eigenvalue weighted by Crippen LogP contribution is 2.54. The van der Waals surface area contributed by atoms with E-state index in [1.807, 2.05) is 0 Å². The zero-order valence-electron chi connectivity index (χ0n) is 31.9. The van der Waals surface area contributed by atoms with E-state index in [1.165, 1.54) is 88.2 Å². The van der Waals surface area contributed by atoms with Gasteiger partial charge >= 0.3 is 0 Å². The molecule has 0 unspecified atom stereocenters. The summed E-state index contributed by atoms with van der Waals surface area (Å²) >= 11 is 0. The Morgan fingerprint density at radius 1 is 0.386 bits per heavy atom. The van der Waals surface area contributed by atoms with E-state index in [0.29, 0.717) is 0 Å². The smallest absolute Gasteiger partial charge is 0.0547 e. The average Bonchev–Trinajstić information content (AvgIpc) is 3.66. The Kier molecular flexibility index (Phi) is 6.72. The monoisotopic (exact) mass is 726 g/mol. The Morgan fingerprint density at radius 2 is 0.965 bits per heavy atom. The number of benzene rings is 9. The summed E-state index contributed by atoms with van der Waals surface area (Å²) in [7, 11) is 0. The van der Waals surface area contributed by atoms with Gasteiger partial charge < -0.3 is 9.47 Å². The molecule has 2 nitrogen and oxygen atoms in total. The molecule has 0 N–H and O–H groups in total. The Labute approximate surface area is 332 Å². The predicted octanol–water partition coefficient (Wildman–Crippen LogP) is 15.0. The van der Waals surface area contributed by atoms with E-state index in [9.17, 15) is 0 Å². The molecule has 2 heteroatoms. The molecule has 10 aromatic rings. The van der Waals surface area contributed by atoms with Crippen LogP contribution in [0.1, 0.15) is 25.0 Å². The number of fused-ring (bicyclic) bond motifs is 12. The molecule has 0 amide bonds. The van der Waals surface area contributed by atoms with Crippen LogP contribution in [0.25, 0.3) is 82.8 Å². The van der Waals surface area contributed by atoms with Gasteiger partial charge in [-0.25, -0.2) is 0 Å². The molecule has 1 heterocycles. The Morgan fingerprint density at radius 3 is 1.75 bits per heavy atom. The van der Waals surface area contributed by atoms with Gasteiger partial charge in [0.05, 0.1) is 11.0 Å². The molecule has 0 fully saturated rings. The van der Waals surface area contributed by atoms with Crippen LogP contribution >= 0.6 is 0 Å². The van der Waals surface area contributed by atoms with E-state index in [2.05, 4.69) is 217 Å². The SMILES string of the molecule is CC1(C)c2ccccc2-c2ccc(N(c3ccccc3)c3ccc4c(c3)c3c5c(ccc3n4-c3ccccc3)-c3cccc4cccc(c34)-c3ccccc3-5)cc21. The highest BCUT2D eigenvalue weighted by Gasteiger charge is 2.36. The fraction of sp³-hybridized carbons (Fsp3) is 0.0545. The van der Waals surface area contributed by atoms with Crippen LogP contribution in [0, 0.1) is 0 Å². The minimum absolute atomic E-state index is 0.108. The Bertz CT molecular complexity index is 3250. The quantitative estimate of drug-likeness (QED) is 0.175. The van der Waals surface area contributed by atoms with Gasteiger partial charge in [-0.3, -0.25) is 0 Å². The van der Waals surface area contributed by atoms with Crippen molar-refractivity contribution >= 4 is 49.6 Å². The molecule has 0 radical (unpaired) electrons. The van der Waals surface area contributed by atoms with E-state index in [4.69, 9.17) is 0 Å². The number of para-hydroxylation sites is 2. The fourth-order valence-electron chi connectivity index (χ4n) is 10.2. The summed E-state index contributed by atoms with van der Waals surface area (Å²) < 4.78 is 2.46. The lowest BCUT2D eigenvalue weighted by Crippen LogP contribution is -2.16. The Hall–Kier alpha value is -7.16. The van der Waals surface area contributed by atoms with Crippen molar-refractivity contribution in [2.45, 2.75) is 19.3 Å². The molecule has 12 rings (SSSR count). The van der Waals surface area contributed by atoms with Crippen LogP contribution < -0.4 is 4.90 Å². The number of aromatic nitrogens is 1. The van der Waals surface area contributed by atoms with Crippen LogP contribution in [0.2, 0.25) is 0 Å². The number of nitrogens with zero attached hydrogens (tertiary/aromatic N) is 2. The second-order valence-corrected chi connectivity index (χ2v) is 16.1. The molecular weight excluding hydrogens is 689 g/mol. The van der Waals surface area contributed by atoms with Gasteiger partial charge in [0.15, 0.2) is 0 Å². The molecule has 2 aliphatic rings. The molecule has 268 valence electrons.